The zero-order chi connectivity index (χ0) is 14.1. The molecule has 1 N–H and O–H groups in total. The molecular formula is C16H25N3O. The van der Waals surface area contributed by atoms with Crippen LogP contribution in [0.1, 0.15) is 37.9 Å². The lowest BCUT2D eigenvalue weighted by Crippen LogP contribution is -2.46. The Bertz CT molecular complexity index is 463. The maximum Gasteiger partial charge on any atom is 0.129 e. The summed E-state index contributed by atoms with van der Waals surface area (Å²) < 4.78 is 5.80. The number of hydrogen-bond acceptors (Lipinski definition) is 4. The molecule has 4 nitrogen and oxygen atoms in total. The molecule has 0 amide bonds. The molecule has 1 aromatic heterocycles. The Labute approximate surface area is 121 Å². The summed E-state index contributed by atoms with van der Waals surface area (Å²) in [6.07, 6.45) is 3.20. The Morgan fingerprint density at radius 1 is 1.25 bits per heavy atom. The normalized spacial score (nSPS) is 26.9. The molecule has 20 heavy (non-hydrogen) atoms. The van der Waals surface area contributed by atoms with Gasteiger partial charge >= 0.3 is 0 Å². The maximum absolute atomic E-state index is 5.80. The maximum atomic E-state index is 5.80. The number of ether oxygens (including phenoxy) is 1. The summed E-state index contributed by atoms with van der Waals surface area (Å²) in [5.41, 5.74) is 2.44. The summed E-state index contributed by atoms with van der Waals surface area (Å²) in [6, 6.07) is 5.16. The summed E-state index contributed by atoms with van der Waals surface area (Å²) >= 11 is 0. The highest BCUT2D eigenvalue weighted by atomic mass is 16.5. The van der Waals surface area contributed by atoms with Crippen LogP contribution in [-0.2, 0) is 11.3 Å². The van der Waals surface area contributed by atoms with Crippen LogP contribution in [0.25, 0.3) is 0 Å². The third kappa shape index (κ3) is 3.49. The molecule has 110 valence electrons. The van der Waals surface area contributed by atoms with Gasteiger partial charge in [-0.15, -0.1) is 0 Å². The molecule has 1 saturated carbocycles. The van der Waals surface area contributed by atoms with Gasteiger partial charge in [-0.2, -0.15) is 0 Å². The number of anilines is 1. The standard InChI is InChI=1S/C16H25N3O/c1-11-6-14(8-17-15-4-5-15)7-16(18-11)19-9-12(2)20-13(3)10-19/h6-7,12-13,15,17H,4-5,8-10H2,1-3H3. The molecule has 2 aliphatic rings. The Balaban J connectivity index is 1.73. The molecule has 1 aromatic rings. The lowest BCUT2D eigenvalue weighted by atomic mass is 10.2. The molecule has 0 spiro atoms. The van der Waals surface area contributed by atoms with E-state index in [9.17, 15) is 0 Å². The number of nitrogens with one attached hydrogen (secondary N) is 1. The molecule has 2 heterocycles. The van der Waals surface area contributed by atoms with E-state index in [-0.39, 0.29) is 12.2 Å². The van der Waals surface area contributed by atoms with Crippen LogP contribution in [0.4, 0.5) is 5.82 Å². The minimum Gasteiger partial charge on any atom is -0.372 e. The van der Waals surface area contributed by atoms with E-state index in [1.165, 1.54) is 18.4 Å². The smallest absolute Gasteiger partial charge is 0.129 e. The largest absolute Gasteiger partial charge is 0.372 e. The van der Waals surface area contributed by atoms with E-state index in [0.29, 0.717) is 0 Å². The predicted molar refractivity (Wildman–Crippen MR) is 81.1 cm³/mol. The molecule has 1 aliphatic heterocycles. The summed E-state index contributed by atoms with van der Waals surface area (Å²) in [5, 5.41) is 3.58. The van der Waals surface area contributed by atoms with Crippen molar-refractivity contribution in [3.05, 3.63) is 23.4 Å². The zero-order valence-electron chi connectivity index (χ0n) is 12.7. The third-order valence-corrected chi connectivity index (χ3v) is 3.92. The lowest BCUT2D eigenvalue weighted by molar-refractivity contribution is -0.00547. The molecule has 2 atom stereocenters. The monoisotopic (exact) mass is 275 g/mol. The number of aryl methyl sites for hydroxylation is 1. The molecule has 0 radical (unpaired) electrons. The van der Waals surface area contributed by atoms with Crippen LogP contribution in [-0.4, -0.2) is 36.3 Å². The summed E-state index contributed by atoms with van der Waals surface area (Å²) in [5.74, 6) is 1.10. The first-order valence-electron chi connectivity index (χ1n) is 7.71. The summed E-state index contributed by atoms with van der Waals surface area (Å²) in [6.45, 7) is 9.16. The summed E-state index contributed by atoms with van der Waals surface area (Å²) in [7, 11) is 0. The van der Waals surface area contributed by atoms with E-state index in [1.807, 2.05) is 0 Å². The van der Waals surface area contributed by atoms with Crippen molar-refractivity contribution >= 4 is 5.82 Å². The SMILES string of the molecule is Cc1cc(CNC2CC2)cc(N2CC(C)OC(C)C2)n1. The van der Waals surface area contributed by atoms with Gasteiger partial charge in [0.25, 0.3) is 0 Å². The highest BCUT2D eigenvalue weighted by Crippen LogP contribution is 2.22. The van der Waals surface area contributed by atoms with Gasteiger partial charge in [0.1, 0.15) is 5.82 Å². The molecular weight excluding hydrogens is 250 g/mol. The minimum absolute atomic E-state index is 0.272. The van der Waals surface area contributed by atoms with Crippen molar-refractivity contribution in [3.8, 4) is 0 Å². The number of rotatable bonds is 4. The van der Waals surface area contributed by atoms with Crippen molar-refractivity contribution in [2.75, 3.05) is 18.0 Å². The van der Waals surface area contributed by atoms with E-state index in [2.05, 4.69) is 43.1 Å². The van der Waals surface area contributed by atoms with Crippen LogP contribution in [0.5, 0.6) is 0 Å². The van der Waals surface area contributed by atoms with Crippen LogP contribution in [0.2, 0.25) is 0 Å². The average molecular weight is 275 g/mol. The number of pyridine rings is 1. The topological polar surface area (TPSA) is 37.4 Å². The van der Waals surface area contributed by atoms with Gasteiger partial charge in [-0.3, -0.25) is 0 Å². The van der Waals surface area contributed by atoms with Crippen LogP contribution in [0.15, 0.2) is 12.1 Å². The predicted octanol–water partition coefficient (Wildman–Crippen LogP) is 2.26. The first-order chi connectivity index (χ1) is 9.60. The van der Waals surface area contributed by atoms with Crippen molar-refractivity contribution in [3.63, 3.8) is 0 Å². The second kappa shape index (κ2) is 5.70. The third-order valence-electron chi connectivity index (χ3n) is 3.92. The zero-order valence-corrected chi connectivity index (χ0v) is 12.7. The fraction of sp³-hybridized carbons (Fsp3) is 0.688. The molecule has 4 heteroatoms. The van der Waals surface area contributed by atoms with Crippen LogP contribution in [0.3, 0.4) is 0 Å². The number of hydrogen-bond donors (Lipinski definition) is 1. The number of aromatic nitrogens is 1. The average Bonchev–Trinajstić information content (AvgIpc) is 3.18. The van der Waals surface area contributed by atoms with E-state index >= 15 is 0 Å². The van der Waals surface area contributed by atoms with E-state index in [4.69, 9.17) is 9.72 Å². The van der Waals surface area contributed by atoms with Gasteiger partial charge in [0.15, 0.2) is 0 Å². The van der Waals surface area contributed by atoms with Gasteiger partial charge < -0.3 is 15.0 Å². The molecule has 0 aromatic carbocycles. The molecule has 0 bridgehead atoms. The second-order valence-corrected chi connectivity index (χ2v) is 6.29. The molecule has 3 rings (SSSR count). The van der Waals surface area contributed by atoms with Gasteiger partial charge in [0.2, 0.25) is 0 Å². The number of nitrogens with zero attached hydrogens (tertiary/aromatic N) is 2. The van der Waals surface area contributed by atoms with E-state index < -0.39 is 0 Å². The fourth-order valence-corrected chi connectivity index (χ4v) is 2.90. The van der Waals surface area contributed by atoms with Crippen molar-refractivity contribution in [1.82, 2.24) is 10.3 Å². The highest BCUT2D eigenvalue weighted by molar-refractivity contribution is 5.43. The van der Waals surface area contributed by atoms with Crippen molar-refractivity contribution in [1.29, 1.82) is 0 Å². The number of morpholine rings is 1. The highest BCUT2D eigenvalue weighted by Gasteiger charge is 2.24. The Kier molecular flexibility index (Phi) is 3.94. The molecule has 1 saturated heterocycles. The Morgan fingerprint density at radius 3 is 2.60 bits per heavy atom. The van der Waals surface area contributed by atoms with Gasteiger partial charge in [-0.25, -0.2) is 4.98 Å². The second-order valence-electron chi connectivity index (χ2n) is 6.29. The summed E-state index contributed by atoms with van der Waals surface area (Å²) in [4.78, 5) is 7.07. The molecule has 1 aliphatic carbocycles. The van der Waals surface area contributed by atoms with Crippen molar-refractivity contribution < 1.29 is 4.74 Å². The van der Waals surface area contributed by atoms with E-state index in [1.54, 1.807) is 0 Å². The van der Waals surface area contributed by atoms with Crippen LogP contribution >= 0.6 is 0 Å². The van der Waals surface area contributed by atoms with Crippen LogP contribution in [0, 0.1) is 6.92 Å². The lowest BCUT2D eigenvalue weighted by Gasteiger charge is -2.36. The van der Waals surface area contributed by atoms with Crippen molar-refractivity contribution in [2.24, 2.45) is 0 Å². The van der Waals surface area contributed by atoms with Crippen molar-refractivity contribution in [2.45, 2.75) is 58.4 Å². The van der Waals surface area contributed by atoms with Gasteiger partial charge in [-0.1, -0.05) is 0 Å². The van der Waals surface area contributed by atoms with E-state index in [0.717, 1.165) is 37.2 Å². The first-order valence-corrected chi connectivity index (χ1v) is 7.71. The Morgan fingerprint density at radius 2 is 1.95 bits per heavy atom. The molecule has 2 unspecified atom stereocenters. The molecule has 2 fully saturated rings. The first kappa shape index (κ1) is 13.8. The Hall–Kier alpha value is -1.13. The van der Waals surface area contributed by atoms with Gasteiger partial charge in [0.05, 0.1) is 12.2 Å². The fourth-order valence-electron chi connectivity index (χ4n) is 2.90. The van der Waals surface area contributed by atoms with Gasteiger partial charge in [0, 0.05) is 31.4 Å². The van der Waals surface area contributed by atoms with Gasteiger partial charge in [-0.05, 0) is 51.3 Å². The quantitative estimate of drug-likeness (QED) is 0.914. The minimum atomic E-state index is 0.272. The van der Waals surface area contributed by atoms with Crippen LogP contribution < -0.4 is 10.2 Å².